The molecule has 6 heteroatoms. The van der Waals surface area contributed by atoms with Gasteiger partial charge in [0, 0.05) is 58.8 Å². The molecule has 6 nitrogen and oxygen atoms in total. The van der Waals surface area contributed by atoms with Gasteiger partial charge in [-0.05, 0) is 49.3 Å². The Bertz CT molecular complexity index is 658. The predicted octanol–water partition coefficient (Wildman–Crippen LogP) is 2.22. The van der Waals surface area contributed by atoms with Crippen LogP contribution in [0.15, 0.2) is 24.3 Å². The molecule has 0 aromatic heterocycles. The van der Waals surface area contributed by atoms with E-state index in [0.717, 1.165) is 25.9 Å². The minimum atomic E-state index is -0.286. The van der Waals surface area contributed by atoms with Crippen LogP contribution in [0.25, 0.3) is 0 Å². The lowest BCUT2D eigenvalue weighted by molar-refractivity contribution is -0.138. The Balaban J connectivity index is 1.41. The maximum absolute atomic E-state index is 12.5. The molecule has 2 aliphatic rings. The molecular formula is C22H33N3O3. The summed E-state index contributed by atoms with van der Waals surface area (Å²) in [6, 6.07) is 8.70. The van der Waals surface area contributed by atoms with Crippen LogP contribution >= 0.6 is 0 Å². The molecule has 2 aliphatic heterocycles. The zero-order valence-corrected chi connectivity index (χ0v) is 17.1. The molecule has 1 aromatic carbocycles. The van der Waals surface area contributed by atoms with Crippen LogP contribution in [0, 0.1) is 0 Å². The van der Waals surface area contributed by atoms with Crippen molar-refractivity contribution in [1.29, 1.82) is 0 Å². The molecule has 0 radical (unpaired) electrons. The number of amides is 2. The molecule has 0 saturated carbocycles. The van der Waals surface area contributed by atoms with E-state index in [1.807, 2.05) is 19.0 Å². The number of anilines is 1. The van der Waals surface area contributed by atoms with E-state index in [9.17, 15) is 14.7 Å². The summed E-state index contributed by atoms with van der Waals surface area (Å²) >= 11 is 0. The van der Waals surface area contributed by atoms with Gasteiger partial charge in [-0.3, -0.25) is 9.59 Å². The van der Waals surface area contributed by atoms with Crippen LogP contribution in [0.3, 0.4) is 0 Å². The summed E-state index contributed by atoms with van der Waals surface area (Å²) in [7, 11) is 4.08. The number of nitrogens with zero attached hydrogens (tertiary/aromatic N) is 3. The second-order valence-electron chi connectivity index (χ2n) is 8.25. The van der Waals surface area contributed by atoms with Crippen molar-refractivity contribution in [1.82, 2.24) is 9.80 Å². The Morgan fingerprint density at radius 2 is 1.36 bits per heavy atom. The molecule has 0 bridgehead atoms. The molecule has 1 N–H and O–H groups in total. The first kappa shape index (κ1) is 20.6. The lowest BCUT2D eigenvalue weighted by Gasteiger charge is -2.33. The van der Waals surface area contributed by atoms with Gasteiger partial charge in [0.05, 0.1) is 6.10 Å². The molecule has 2 heterocycles. The smallest absolute Gasteiger partial charge is 0.223 e. The fourth-order valence-electron chi connectivity index (χ4n) is 4.15. The summed E-state index contributed by atoms with van der Waals surface area (Å²) in [5.41, 5.74) is 2.55. The van der Waals surface area contributed by atoms with Crippen LogP contribution in [0.1, 0.15) is 50.0 Å². The first-order chi connectivity index (χ1) is 13.4. The van der Waals surface area contributed by atoms with Crippen molar-refractivity contribution in [3.05, 3.63) is 29.8 Å². The van der Waals surface area contributed by atoms with Crippen molar-refractivity contribution in [2.24, 2.45) is 0 Å². The van der Waals surface area contributed by atoms with Crippen LogP contribution in [0.5, 0.6) is 0 Å². The molecule has 1 aromatic rings. The highest BCUT2D eigenvalue weighted by molar-refractivity contribution is 5.84. The summed E-state index contributed by atoms with van der Waals surface area (Å²) in [5, 5.41) is 9.54. The van der Waals surface area contributed by atoms with E-state index in [-0.39, 0.29) is 24.3 Å². The number of rotatable bonds is 5. The highest BCUT2D eigenvalue weighted by atomic mass is 16.3. The first-order valence-electron chi connectivity index (χ1n) is 10.4. The van der Waals surface area contributed by atoms with Gasteiger partial charge in [0.1, 0.15) is 0 Å². The van der Waals surface area contributed by atoms with Gasteiger partial charge in [-0.15, -0.1) is 0 Å². The molecule has 154 valence electrons. The van der Waals surface area contributed by atoms with Crippen molar-refractivity contribution in [3.63, 3.8) is 0 Å². The molecule has 0 unspecified atom stereocenters. The Morgan fingerprint density at radius 3 is 1.82 bits per heavy atom. The average molecular weight is 388 g/mol. The molecule has 3 rings (SSSR count). The number of carbonyl (C=O) groups is 2. The average Bonchev–Trinajstić information content (AvgIpc) is 2.72. The third kappa shape index (κ3) is 5.25. The zero-order valence-electron chi connectivity index (χ0n) is 17.1. The molecule has 2 amide bonds. The first-order valence-corrected chi connectivity index (χ1v) is 10.4. The van der Waals surface area contributed by atoms with Gasteiger partial charge in [0.2, 0.25) is 11.8 Å². The normalized spacial score (nSPS) is 19.0. The summed E-state index contributed by atoms with van der Waals surface area (Å²) in [4.78, 5) is 30.6. The number of carbonyl (C=O) groups excluding carboxylic acids is 2. The van der Waals surface area contributed by atoms with Crippen molar-refractivity contribution in [3.8, 4) is 0 Å². The number of hydrogen-bond donors (Lipinski definition) is 1. The number of hydrogen-bond acceptors (Lipinski definition) is 4. The summed E-state index contributed by atoms with van der Waals surface area (Å²) in [6.45, 7) is 2.74. The number of piperidine rings is 2. The van der Waals surface area contributed by atoms with Crippen LogP contribution in [0.2, 0.25) is 0 Å². The Labute approximate surface area is 168 Å². The quantitative estimate of drug-likeness (QED) is 0.841. The SMILES string of the molecule is CN(C)c1ccc(C2CCN(C(=O)CCC(=O)N3CCC(O)CC3)CC2)cc1. The maximum Gasteiger partial charge on any atom is 0.223 e. The summed E-state index contributed by atoms with van der Waals surface area (Å²) in [6.07, 6.45) is 3.52. The minimum absolute atomic E-state index is 0.0381. The van der Waals surface area contributed by atoms with Crippen molar-refractivity contribution in [2.75, 3.05) is 45.2 Å². The van der Waals surface area contributed by atoms with E-state index in [1.54, 1.807) is 4.90 Å². The van der Waals surface area contributed by atoms with E-state index < -0.39 is 0 Å². The number of likely N-dealkylation sites (tertiary alicyclic amines) is 2. The summed E-state index contributed by atoms with van der Waals surface area (Å²) < 4.78 is 0. The Kier molecular flexibility index (Phi) is 6.94. The van der Waals surface area contributed by atoms with Crippen LogP contribution in [-0.4, -0.2) is 73.1 Å². The second kappa shape index (κ2) is 9.41. The summed E-state index contributed by atoms with van der Waals surface area (Å²) in [5.74, 6) is 0.629. The van der Waals surface area contributed by atoms with E-state index in [2.05, 4.69) is 29.2 Å². The second-order valence-corrected chi connectivity index (χ2v) is 8.25. The molecule has 0 aliphatic carbocycles. The molecule has 2 saturated heterocycles. The largest absolute Gasteiger partial charge is 0.393 e. The van der Waals surface area contributed by atoms with Gasteiger partial charge in [0.15, 0.2) is 0 Å². The van der Waals surface area contributed by atoms with E-state index in [4.69, 9.17) is 0 Å². The van der Waals surface area contributed by atoms with Crippen molar-refractivity contribution >= 4 is 17.5 Å². The van der Waals surface area contributed by atoms with Crippen LogP contribution < -0.4 is 4.90 Å². The lowest BCUT2D eigenvalue weighted by atomic mass is 9.89. The van der Waals surface area contributed by atoms with Gasteiger partial charge in [-0.25, -0.2) is 0 Å². The number of benzene rings is 1. The molecule has 28 heavy (non-hydrogen) atoms. The van der Waals surface area contributed by atoms with Crippen molar-refractivity contribution in [2.45, 2.75) is 50.5 Å². The molecule has 0 spiro atoms. The predicted molar refractivity (Wildman–Crippen MR) is 110 cm³/mol. The van der Waals surface area contributed by atoms with E-state index in [0.29, 0.717) is 38.3 Å². The highest BCUT2D eigenvalue weighted by Crippen LogP contribution is 2.29. The van der Waals surface area contributed by atoms with Crippen LogP contribution in [-0.2, 0) is 9.59 Å². The topological polar surface area (TPSA) is 64.1 Å². The highest BCUT2D eigenvalue weighted by Gasteiger charge is 2.26. The molecular weight excluding hydrogens is 354 g/mol. The Hall–Kier alpha value is -2.08. The molecule has 2 fully saturated rings. The van der Waals surface area contributed by atoms with Crippen molar-refractivity contribution < 1.29 is 14.7 Å². The Morgan fingerprint density at radius 1 is 0.893 bits per heavy atom. The monoisotopic (exact) mass is 387 g/mol. The van der Waals surface area contributed by atoms with Gasteiger partial charge in [0.25, 0.3) is 0 Å². The van der Waals surface area contributed by atoms with Gasteiger partial charge < -0.3 is 19.8 Å². The van der Waals surface area contributed by atoms with E-state index in [1.165, 1.54) is 11.3 Å². The number of aliphatic hydroxyl groups excluding tert-OH is 1. The third-order valence-corrected chi connectivity index (χ3v) is 6.10. The fourth-order valence-corrected chi connectivity index (χ4v) is 4.15. The van der Waals surface area contributed by atoms with Gasteiger partial charge >= 0.3 is 0 Å². The lowest BCUT2D eigenvalue weighted by Crippen LogP contribution is -2.41. The minimum Gasteiger partial charge on any atom is -0.393 e. The molecule has 0 atom stereocenters. The number of aliphatic hydroxyl groups is 1. The fraction of sp³-hybridized carbons (Fsp3) is 0.636. The zero-order chi connectivity index (χ0) is 20.1. The van der Waals surface area contributed by atoms with Gasteiger partial charge in [-0.2, -0.15) is 0 Å². The van der Waals surface area contributed by atoms with E-state index >= 15 is 0 Å². The standard InChI is InChI=1S/C22H33N3O3/c1-23(2)19-5-3-17(4-6-19)18-9-13-24(14-10-18)21(27)7-8-22(28)25-15-11-20(26)12-16-25/h3-6,18,20,26H,7-16H2,1-2H3. The third-order valence-electron chi connectivity index (χ3n) is 6.10. The maximum atomic E-state index is 12.5. The van der Waals surface area contributed by atoms with Gasteiger partial charge in [-0.1, -0.05) is 12.1 Å². The van der Waals surface area contributed by atoms with Crippen LogP contribution in [0.4, 0.5) is 5.69 Å².